The first kappa shape index (κ1) is 22.7. The van der Waals surface area contributed by atoms with E-state index in [9.17, 15) is 30.4 Å². The van der Waals surface area contributed by atoms with Gasteiger partial charge in [0.1, 0.15) is 17.7 Å². The summed E-state index contributed by atoms with van der Waals surface area (Å²) in [4.78, 5) is 1.49. The molecule has 1 aliphatic carbocycles. The van der Waals surface area contributed by atoms with E-state index in [1.54, 1.807) is 0 Å². The Hall–Kier alpha value is -2.09. The SMILES string of the molecule is N[C@H]1CC(N2Cc3cn(S(=O)(=O)C4CC4)nc3C2)[C@@H](C(F)(F)F)O[C@@H]1c1cc(F)ccc1F. The highest BCUT2D eigenvalue weighted by molar-refractivity contribution is 7.90. The lowest BCUT2D eigenvalue weighted by molar-refractivity contribution is -0.269. The van der Waals surface area contributed by atoms with E-state index in [0.717, 1.165) is 22.3 Å². The lowest BCUT2D eigenvalue weighted by atomic mass is 9.89. The maximum absolute atomic E-state index is 14.2. The molecule has 3 aliphatic rings. The highest BCUT2D eigenvalue weighted by Gasteiger charge is 2.54. The van der Waals surface area contributed by atoms with Gasteiger partial charge < -0.3 is 10.5 Å². The molecule has 2 N–H and O–H groups in total. The lowest BCUT2D eigenvalue weighted by Gasteiger charge is -2.44. The molecule has 2 fully saturated rings. The van der Waals surface area contributed by atoms with Crippen molar-refractivity contribution >= 4 is 10.0 Å². The van der Waals surface area contributed by atoms with Gasteiger partial charge in [-0.1, -0.05) is 0 Å². The molecule has 1 saturated heterocycles. The molecule has 33 heavy (non-hydrogen) atoms. The van der Waals surface area contributed by atoms with Gasteiger partial charge in [-0.25, -0.2) is 17.2 Å². The molecule has 1 unspecified atom stereocenters. The van der Waals surface area contributed by atoms with Crippen LogP contribution in [0.2, 0.25) is 0 Å². The Bertz CT molecular complexity index is 1160. The molecule has 0 bridgehead atoms. The molecule has 2 aliphatic heterocycles. The Kier molecular flexibility index (Phi) is 5.31. The summed E-state index contributed by atoms with van der Waals surface area (Å²) in [7, 11) is -3.58. The first-order valence-corrected chi connectivity index (χ1v) is 11.9. The van der Waals surface area contributed by atoms with Crippen molar-refractivity contribution in [1.82, 2.24) is 14.1 Å². The van der Waals surface area contributed by atoms with Crippen LogP contribution in [0.15, 0.2) is 24.4 Å². The number of fused-ring (bicyclic) bond motifs is 1. The number of aromatic nitrogens is 2. The molecular formula is C20H21F5N4O3S. The average Bonchev–Trinajstić information content (AvgIpc) is 3.40. The number of hydrogen-bond donors (Lipinski definition) is 1. The zero-order valence-corrected chi connectivity index (χ0v) is 18.0. The molecule has 0 amide bonds. The van der Waals surface area contributed by atoms with Gasteiger partial charge in [0.2, 0.25) is 0 Å². The van der Waals surface area contributed by atoms with E-state index in [1.807, 2.05) is 0 Å². The second kappa shape index (κ2) is 7.72. The predicted molar refractivity (Wildman–Crippen MR) is 105 cm³/mol. The van der Waals surface area contributed by atoms with Crippen molar-refractivity contribution in [2.75, 3.05) is 0 Å². The van der Waals surface area contributed by atoms with Gasteiger partial charge in [-0.3, -0.25) is 4.90 Å². The van der Waals surface area contributed by atoms with Gasteiger partial charge in [-0.05, 0) is 37.5 Å². The normalized spacial score (nSPS) is 28.8. The number of benzene rings is 1. The molecule has 180 valence electrons. The van der Waals surface area contributed by atoms with Crippen molar-refractivity contribution in [3.8, 4) is 0 Å². The molecule has 4 atom stereocenters. The molecule has 7 nitrogen and oxygen atoms in total. The topological polar surface area (TPSA) is 90.5 Å². The van der Waals surface area contributed by atoms with Crippen LogP contribution >= 0.6 is 0 Å². The average molecular weight is 492 g/mol. The van der Waals surface area contributed by atoms with Gasteiger partial charge in [-0.15, -0.1) is 0 Å². The second-order valence-corrected chi connectivity index (χ2v) is 10.8. The van der Waals surface area contributed by atoms with Crippen molar-refractivity contribution in [2.24, 2.45) is 5.73 Å². The third-order valence-corrected chi connectivity index (χ3v) is 8.41. The Morgan fingerprint density at radius 2 is 1.88 bits per heavy atom. The van der Waals surface area contributed by atoms with E-state index in [-0.39, 0.29) is 25.1 Å². The van der Waals surface area contributed by atoms with E-state index in [2.05, 4.69) is 5.10 Å². The van der Waals surface area contributed by atoms with Crippen LogP contribution in [0.4, 0.5) is 22.0 Å². The fraction of sp³-hybridized carbons (Fsp3) is 0.550. The van der Waals surface area contributed by atoms with Crippen LogP contribution in [0, 0.1) is 11.6 Å². The molecule has 0 radical (unpaired) electrons. The van der Waals surface area contributed by atoms with Gasteiger partial charge in [0, 0.05) is 42.5 Å². The van der Waals surface area contributed by atoms with Crippen LogP contribution in [-0.2, 0) is 27.8 Å². The highest BCUT2D eigenvalue weighted by Crippen LogP contribution is 2.42. The number of ether oxygens (including phenoxy) is 1. The summed E-state index contributed by atoms with van der Waals surface area (Å²) in [6.07, 6.45) is -6.26. The van der Waals surface area contributed by atoms with E-state index >= 15 is 0 Å². The second-order valence-electron chi connectivity index (χ2n) is 8.77. The van der Waals surface area contributed by atoms with Crippen molar-refractivity contribution in [3.05, 3.63) is 52.9 Å². The van der Waals surface area contributed by atoms with Crippen LogP contribution in [0.5, 0.6) is 0 Å². The van der Waals surface area contributed by atoms with Crippen LogP contribution in [0.25, 0.3) is 0 Å². The maximum atomic E-state index is 14.2. The first-order chi connectivity index (χ1) is 15.4. The van der Waals surface area contributed by atoms with Crippen LogP contribution in [-0.4, -0.2) is 52.1 Å². The predicted octanol–water partition coefficient (Wildman–Crippen LogP) is 2.61. The summed E-state index contributed by atoms with van der Waals surface area (Å²) in [6, 6.07) is 0.260. The van der Waals surface area contributed by atoms with E-state index in [1.165, 1.54) is 11.1 Å². The standard InChI is InChI=1S/C20H21F5N4O3S/c21-11-1-4-14(22)13(5-11)18-15(26)6-17(19(32-18)20(23,24)25)28-7-10-8-29(27-16(10)9-28)33(30,31)12-2-3-12/h1,4-5,8,12,15,17-19H,2-3,6-7,9,26H2/t15-,17?,18+,19-/m0/s1. The molecule has 5 rings (SSSR count). The number of nitrogens with two attached hydrogens (primary N) is 1. The van der Waals surface area contributed by atoms with Crippen molar-refractivity contribution in [3.63, 3.8) is 0 Å². The Morgan fingerprint density at radius 3 is 2.52 bits per heavy atom. The van der Waals surface area contributed by atoms with Gasteiger partial charge in [0.15, 0.2) is 6.10 Å². The number of nitrogens with zero attached hydrogens (tertiary/aromatic N) is 3. The van der Waals surface area contributed by atoms with Crippen molar-refractivity contribution < 1.29 is 35.1 Å². The molecule has 1 saturated carbocycles. The molecule has 3 heterocycles. The zero-order valence-electron chi connectivity index (χ0n) is 17.2. The minimum Gasteiger partial charge on any atom is -0.357 e. The first-order valence-electron chi connectivity index (χ1n) is 10.4. The summed E-state index contributed by atoms with van der Waals surface area (Å²) in [5.41, 5.74) is 6.63. The third kappa shape index (κ3) is 4.04. The zero-order chi connectivity index (χ0) is 23.7. The minimum absolute atomic E-state index is 0.00512. The van der Waals surface area contributed by atoms with Gasteiger partial charge in [0.05, 0.1) is 10.9 Å². The van der Waals surface area contributed by atoms with Crippen LogP contribution < -0.4 is 5.73 Å². The quantitative estimate of drug-likeness (QED) is 0.660. The van der Waals surface area contributed by atoms with Gasteiger partial charge in [-0.2, -0.15) is 22.4 Å². The monoisotopic (exact) mass is 492 g/mol. The van der Waals surface area contributed by atoms with E-state index in [0.29, 0.717) is 24.1 Å². The van der Waals surface area contributed by atoms with Crippen LogP contribution in [0.3, 0.4) is 0 Å². The fourth-order valence-electron chi connectivity index (χ4n) is 4.58. The molecule has 1 aromatic heterocycles. The molecule has 1 aromatic carbocycles. The molecule has 2 aromatic rings. The van der Waals surface area contributed by atoms with Crippen molar-refractivity contribution in [2.45, 2.75) is 68.1 Å². The Labute approximate surface area is 186 Å². The summed E-state index contributed by atoms with van der Waals surface area (Å²) in [5.74, 6) is -1.71. The van der Waals surface area contributed by atoms with Gasteiger partial charge in [0.25, 0.3) is 10.0 Å². The molecule has 13 heteroatoms. The lowest BCUT2D eigenvalue weighted by Crippen LogP contribution is -2.58. The third-order valence-electron chi connectivity index (χ3n) is 6.39. The van der Waals surface area contributed by atoms with Crippen LogP contribution in [0.1, 0.15) is 42.2 Å². The largest absolute Gasteiger partial charge is 0.416 e. The Balaban J connectivity index is 1.38. The van der Waals surface area contributed by atoms with Gasteiger partial charge >= 0.3 is 6.18 Å². The summed E-state index contributed by atoms with van der Waals surface area (Å²) in [5, 5.41) is 3.64. The maximum Gasteiger partial charge on any atom is 0.416 e. The molecular weight excluding hydrogens is 471 g/mol. The summed E-state index contributed by atoms with van der Waals surface area (Å²) >= 11 is 0. The number of alkyl halides is 3. The smallest absolute Gasteiger partial charge is 0.357 e. The number of hydrogen-bond acceptors (Lipinski definition) is 6. The number of halogens is 5. The minimum atomic E-state index is -4.79. The highest BCUT2D eigenvalue weighted by atomic mass is 32.2. The summed E-state index contributed by atoms with van der Waals surface area (Å²) < 4.78 is 101. The van der Waals surface area contributed by atoms with E-state index < -0.39 is 57.4 Å². The van der Waals surface area contributed by atoms with Crippen molar-refractivity contribution in [1.29, 1.82) is 0 Å². The summed E-state index contributed by atoms with van der Waals surface area (Å²) in [6.45, 7) is 0.0384. The fourth-order valence-corrected chi connectivity index (χ4v) is 6.11. The van der Waals surface area contributed by atoms with E-state index in [4.69, 9.17) is 10.5 Å². The number of rotatable bonds is 4. The molecule has 0 spiro atoms. The Morgan fingerprint density at radius 1 is 1.15 bits per heavy atom.